The first-order chi connectivity index (χ1) is 17.9. The number of aryl methyl sites for hydroxylation is 1. The van der Waals surface area contributed by atoms with Crippen molar-refractivity contribution < 1.29 is 23.5 Å². The lowest BCUT2D eigenvalue weighted by molar-refractivity contribution is -0.127. The summed E-state index contributed by atoms with van der Waals surface area (Å²) in [4.78, 5) is 29.5. The van der Waals surface area contributed by atoms with Crippen molar-refractivity contribution >= 4 is 17.4 Å². The maximum Gasteiger partial charge on any atom is 0.271 e. The first kappa shape index (κ1) is 26.1. The van der Waals surface area contributed by atoms with Crippen LogP contribution in [0.15, 0.2) is 84.1 Å². The largest absolute Gasteiger partial charge is 0.494 e. The molecule has 0 fully saturated rings. The molecule has 192 valence electrons. The molecule has 0 unspecified atom stereocenters. The van der Waals surface area contributed by atoms with Crippen LogP contribution in [0.25, 0.3) is 0 Å². The smallest absolute Gasteiger partial charge is 0.271 e. The van der Waals surface area contributed by atoms with Gasteiger partial charge in [0, 0.05) is 31.5 Å². The minimum absolute atomic E-state index is 0.217. The summed E-state index contributed by atoms with van der Waals surface area (Å²) in [5.74, 6) is -0.306. The first-order valence-corrected chi connectivity index (χ1v) is 12.3. The van der Waals surface area contributed by atoms with Gasteiger partial charge in [0.2, 0.25) is 0 Å². The van der Waals surface area contributed by atoms with E-state index in [9.17, 15) is 14.0 Å². The number of ketones is 1. The highest BCUT2D eigenvalue weighted by atomic mass is 19.1. The average Bonchev–Trinajstić information content (AvgIpc) is 3.17. The molecule has 1 amide bonds. The Hall–Kier alpha value is -3.97. The van der Waals surface area contributed by atoms with Crippen molar-refractivity contribution in [2.75, 3.05) is 32.2 Å². The van der Waals surface area contributed by atoms with Gasteiger partial charge in [-0.25, -0.2) is 4.39 Å². The molecule has 0 spiro atoms. The third kappa shape index (κ3) is 5.89. The van der Waals surface area contributed by atoms with Gasteiger partial charge in [-0.05, 0) is 74.4 Å². The highest BCUT2D eigenvalue weighted by Crippen LogP contribution is 2.40. The fourth-order valence-corrected chi connectivity index (χ4v) is 4.43. The van der Waals surface area contributed by atoms with E-state index in [2.05, 4.69) is 5.32 Å². The first-order valence-electron chi connectivity index (χ1n) is 12.3. The number of carbonyl (C=O) groups is 2. The van der Waals surface area contributed by atoms with Crippen LogP contribution in [-0.4, -0.2) is 43.5 Å². The number of ether oxygens (including phenoxy) is 2. The zero-order chi connectivity index (χ0) is 26.4. The van der Waals surface area contributed by atoms with E-state index < -0.39 is 6.04 Å². The van der Waals surface area contributed by atoms with Crippen molar-refractivity contribution in [3.63, 3.8) is 0 Å². The molecule has 1 N–H and O–H groups in total. The van der Waals surface area contributed by atoms with Crippen LogP contribution >= 0.6 is 0 Å². The summed E-state index contributed by atoms with van der Waals surface area (Å²) in [5, 5.41) is 3.22. The van der Waals surface area contributed by atoms with Gasteiger partial charge in [0.05, 0.1) is 18.2 Å². The molecule has 7 heteroatoms. The summed E-state index contributed by atoms with van der Waals surface area (Å²) in [6.07, 6.45) is 0.586. The van der Waals surface area contributed by atoms with E-state index in [1.807, 2.05) is 38.1 Å². The molecule has 6 nitrogen and oxygen atoms in total. The Morgan fingerprint density at radius 2 is 1.68 bits per heavy atom. The molecule has 0 bridgehead atoms. The third-order valence-electron chi connectivity index (χ3n) is 6.26. The molecule has 0 radical (unpaired) electrons. The number of anilines is 1. The van der Waals surface area contributed by atoms with Crippen LogP contribution in [0.1, 0.15) is 40.9 Å². The van der Waals surface area contributed by atoms with Crippen LogP contribution in [0.5, 0.6) is 5.75 Å². The van der Waals surface area contributed by atoms with Crippen LogP contribution < -0.4 is 10.1 Å². The van der Waals surface area contributed by atoms with Crippen molar-refractivity contribution in [2.45, 2.75) is 26.3 Å². The van der Waals surface area contributed by atoms with Crippen molar-refractivity contribution in [1.82, 2.24) is 4.90 Å². The van der Waals surface area contributed by atoms with E-state index in [1.54, 1.807) is 48.4 Å². The van der Waals surface area contributed by atoms with E-state index in [4.69, 9.17) is 9.47 Å². The number of carbonyl (C=O) groups excluding carboxylic acids is 2. The number of rotatable bonds is 11. The summed E-state index contributed by atoms with van der Waals surface area (Å²) >= 11 is 0. The molecule has 4 rings (SSSR count). The summed E-state index contributed by atoms with van der Waals surface area (Å²) in [6, 6.07) is 19.7. The standard InChI is InChI=1S/C30H31FN2O4/c1-4-37-25-16-10-22(11-17-25)29(34)26-27(32-24-14-6-20(2)7-15-24)30(35)33(18-5-19-36-3)28(26)21-8-12-23(31)13-9-21/h6-17,28,32H,4-5,18-19H2,1-3H3/t28-/m1/s1. The van der Waals surface area contributed by atoms with E-state index >= 15 is 0 Å². The third-order valence-corrected chi connectivity index (χ3v) is 6.26. The van der Waals surface area contributed by atoms with Gasteiger partial charge < -0.3 is 19.7 Å². The molecular weight excluding hydrogens is 471 g/mol. The second-order valence-corrected chi connectivity index (χ2v) is 8.87. The second-order valence-electron chi connectivity index (χ2n) is 8.87. The number of nitrogens with zero attached hydrogens (tertiary/aromatic N) is 1. The Morgan fingerprint density at radius 3 is 2.30 bits per heavy atom. The van der Waals surface area contributed by atoms with Crippen LogP contribution in [0.2, 0.25) is 0 Å². The van der Waals surface area contributed by atoms with E-state index in [1.165, 1.54) is 12.1 Å². The number of amides is 1. The van der Waals surface area contributed by atoms with E-state index in [-0.39, 0.29) is 23.2 Å². The lowest BCUT2D eigenvalue weighted by Crippen LogP contribution is -2.33. The summed E-state index contributed by atoms with van der Waals surface area (Å²) in [5.41, 5.74) is 3.39. The number of Topliss-reactive ketones (excluding diaryl/α,β-unsaturated/α-hetero) is 1. The normalized spacial score (nSPS) is 15.3. The summed E-state index contributed by atoms with van der Waals surface area (Å²) in [7, 11) is 1.60. The molecular formula is C30H31FN2O4. The SMILES string of the molecule is CCOc1ccc(C(=O)C2=C(Nc3ccc(C)cc3)C(=O)N(CCCOC)[C@@H]2c2ccc(F)cc2)cc1. The lowest BCUT2D eigenvalue weighted by atomic mass is 9.92. The molecule has 1 atom stereocenters. The topological polar surface area (TPSA) is 67.9 Å². The zero-order valence-corrected chi connectivity index (χ0v) is 21.3. The highest BCUT2D eigenvalue weighted by molar-refractivity contribution is 6.18. The van der Waals surface area contributed by atoms with Gasteiger partial charge >= 0.3 is 0 Å². The summed E-state index contributed by atoms with van der Waals surface area (Å²) in [6.45, 7) is 5.21. The van der Waals surface area contributed by atoms with Crippen LogP contribution in [0, 0.1) is 12.7 Å². The van der Waals surface area contributed by atoms with Gasteiger partial charge in [0.15, 0.2) is 5.78 Å². The molecule has 3 aromatic carbocycles. The molecule has 0 aliphatic carbocycles. The van der Waals surface area contributed by atoms with Crippen molar-refractivity contribution in [1.29, 1.82) is 0 Å². The Kier molecular flexibility index (Phi) is 8.36. The van der Waals surface area contributed by atoms with Gasteiger partial charge in [-0.1, -0.05) is 29.8 Å². The molecule has 0 saturated heterocycles. The fraction of sp³-hybridized carbons (Fsp3) is 0.267. The number of hydrogen-bond donors (Lipinski definition) is 1. The molecule has 1 aliphatic heterocycles. The van der Waals surface area contributed by atoms with Gasteiger partial charge in [0.1, 0.15) is 17.3 Å². The van der Waals surface area contributed by atoms with Crippen molar-refractivity contribution in [3.05, 3.63) is 107 Å². The van der Waals surface area contributed by atoms with Crippen LogP contribution in [0.3, 0.4) is 0 Å². The Bertz CT molecular complexity index is 1270. The maximum absolute atomic E-state index is 14.0. The Morgan fingerprint density at radius 1 is 1.00 bits per heavy atom. The predicted molar refractivity (Wildman–Crippen MR) is 141 cm³/mol. The number of nitrogens with one attached hydrogen (secondary N) is 1. The molecule has 0 aromatic heterocycles. The minimum atomic E-state index is -0.683. The molecule has 1 heterocycles. The maximum atomic E-state index is 14.0. The van der Waals surface area contributed by atoms with Crippen LogP contribution in [0.4, 0.5) is 10.1 Å². The monoisotopic (exact) mass is 502 g/mol. The quantitative estimate of drug-likeness (QED) is 0.269. The molecule has 37 heavy (non-hydrogen) atoms. The highest BCUT2D eigenvalue weighted by Gasteiger charge is 2.43. The lowest BCUT2D eigenvalue weighted by Gasteiger charge is -2.27. The number of benzene rings is 3. The average molecular weight is 503 g/mol. The zero-order valence-electron chi connectivity index (χ0n) is 21.3. The van der Waals surface area contributed by atoms with Gasteiger partial charge in [-0.3, -0.25) is 9.59 Å². The van der Waals surface area contributed by atoms with E-state index in [0.29, 0.717) is 54.3 Å². The van der Waals surface area contributed by atoms with Gasteiger partial charge in [0.25, 0.3) is 5.91 Å². The number of halogens is 1. The van der Waals surface area contributed by atoms with Crippen molar-refractivity contribution in [2.24, 2.45) is 0 Å². The van der Waals surface area contributed by atoms with Crippen LogP contribution in [-0.2, 0) is 9.53 Å². The van der Waals surface area contributed by atoms with Gasteiger partial charge in [-0.2, -0.15) is 0 Å². The Labute approximate surface area is 216 Å². The molecule has 1 aliphatic rings. The van der Waals surface area contributed by atoms with Gasteiger partial charge in [-0.15, -0.1) is 0 Å². The Balaban J connectivity index is 1.82. The molecule has 0 saturated carbocycles. The fourth-order valence-electron chi connectivity index (χ4n) is 4.43. The number of hydrogen-bond acceptors (Lipinski definition) is 5. The minimum Gasteiger partial charge on any atom is -0.494 e. The van der Waals surface area contributed by atoms with Crippen molar-refractivity contribution in [3.8, 4) is 5.75 Å². The van der Waals surface area contributed by atoms with E-state index in [0.717, 1.165) is 5.56 Å². The number of methoxy groups -OCH3 is 1. The molecule has 3 aromatic rings. The predicted octanol–water partition coefficient (Wildman–Crippen LogP) is 5.70. The summed E-state index contributed by atoms with van der Waals surface area (Å²) < 4.78 is 24.5. The second kappa shape index (κ2) is 11.8.